The van der Waals surface area contributed by atoms with Crippen LogP contribution in [0.1, 0.15) is 37.8 Å². The Kier molecular flexibility index (Phi) is 12.1. The van der Waals surface area contributed by atoms with Gasteiger partial charge >= 0.3 is 16.1 Å². The minimum Gasteiger partial charge on any atom is -0.490 e. The maximum atomic E-state index is 11.8. The topological polar surface area (TPSA) is 97.4 Å². The first kappa shape index (κ1) is 28.2. The van der Waals surface area contributed by atoms with Crippen LogP contribution in [0, 0.1) is 0 Å². The summed E-state index contributed by atoms with van der Waals surface area (Å²) < 4.78 is 49.4. The van der Waals surface area contributed by atoms with E-state index in [0.29, 0.717) is 44.3 Å². The van der Waals surface area contributed by atoms with Crippen molar-refractivity contribution in [2.45, 2.75) is 33.1 Å². The van der Waals surface area contributed by atoms with E-state index >= 15 is 0 Å². The lowest BCUT2D eigenvalue weighted by Gasteiger charge is -2.14. The van der Waals surface area contributed by atoms with Gasteiger partial charge in [-0.15, -0.1) is 0 Å². The molecule has 0 radical (unpaired) electrons. The summed E-state index contributed by atoms with van der Waals surface area (Å²) in [6.07, 6.45) is 6.57. The number of unbranched alkanes of at least 4 members (excludes halogenated alkanes) is 1. The standard InChI is InChI=1S/C26H34O8S/c1-4-6-16-31-25-20-22(10-14-26(27)33-19-18-30-5-2)9-13-24(25)32-17-15-21-7-11-23(12-8-21)34-35(3,28)29/h7-14,20H,4-6,15-19H2,1-3H3/b14-10-. The molecule has 35 heavy (non-hydrogen) atoms. The van der Waals surface area contributed by atoms with E-state index in [4.69, 9.17) is 23.1 Å². The molecular weight excluding hydrogens is 472 g/mol. The normalized spacial score (nSPS) is 11.4. The molecular formula is C26H34O8S. The third-order valence-electron chi connectivity index (χ3n) is 4.63. The highest BCUT2D eigenvalue weighted by atomic mass is 32.2. The molecule has 0 aromatic heterocycles. The minimum atomic E-state index is -3.55. The first-order valence-corrected chi connectivity index (χ1v) is 13.4. The van der Waals surface area contributed by atoms with Crippen molar-refractivity contribution in [2.75, 3.05) is 39.3 Å². The van der Waals surface area contributed by atoms with E-state index in [1.807, 2.05) is 25.1 Å². The molecule has 192 valence electrons. The van der Waals surface area contributed by atoms with Crippen LogP contribution in [0.25, 0.3) is 6.08 Å². The van der Waals surface area contributed by atoms with E-state index in [-0.39, 0.29) is 12.4 Å². The number of hydrogen-bond donors (Lipinski definition) is 0. The second kappa shape index (κ2) is 15.1. The molecule has 0 spiro atoms. The first-order valence-electron chi connectivity index (χ1n) is 11.6. The summed E-state index contributed by atoms with van der Waals surface area (Å²) in [5, 5.41) is 0. The number of benzene rings is 2. The van der Waals surface area contributed by atoms with Gasteiger partial charge in [-0.3, -0.25) is 0 Å². The van der Waals surface area contributed by atoms with Crippen LogP contribution in [-0.2, 0) is 30.8 Å². The van der Waals surface area contributed by atoms with Crippen LogP contribution >= 0.6 is 0 Å². The van der Waals surface area contributed by atoms with E-state index in [0.717, 1.165) is 30.2 Å². The van der Waals surface area contributed by atoms with Crippen molar-refractivity contribution in [3.8, 4) is 17.2 Å². The average molecular weight is 507 g/mol. The Morgan fingerprint density at radius 3 is 2.34 bits per heavy atom. The van der Waals surface area contributed by atoms with Crippen molar-refractivity contribution in [1.82, 2.24) is 0 Å². The molecule has 0 unspecified atom stereocenters. The molecule has 0 aliphatic heterocycles. The number of carbonyl (C=O) groups excluding carboxylic acids is 1. The van der Waals surface area contributed by atoms with E-state index in [1.54, 1.807) is 30.3 Å². The van der Waals surface area contributed by atoms with Gasteiger partial charge in [-0.05, 0) is 54.8 Å². The predicted molar refractivity (Wildman–Crippen MR) is 134 cm³/mol. The zero-order valence-electron chi connectivity index (χ0n) is 20.5. The van der Waals surface area contributed by atoms with E-state index in [1.165, 1.54) is 6.08 Å². The molecule has 0 aliphatic carbocycles. The predicted octanol–water partition coefficient (Wildman–Crippen LogP) is 4.42. The van der Waals surface area contributed by atoms with Gasteiger partial charge in [-0.1, -0.05) is 31.5 Å². The lowest BCUT2D eigenvalue weighted by molar-refractivity contribution is -0.139. The molecule has 2 rings (SSSR count). The quantitative estimate of drug-likeness (QED) is 0.143. The van der Waals surface area contributed by atoms with Crippen LogP contribution in [0.2, 0.25) is 0 Å². The van der Waals surface area contributed by atoms with Gasteiger partial charge in [0.05, 0.1) is 26.1 Å². The highest BCUT2D eigenvalue weighted by Gasteiger charge is 2.08. The molecule has 0 amide bonds. The van der Waals surface area contributed by atoms with Gasteiger partial charge in [0.2, 0.25) is 0 Å². The van der Waals surface area contributed by atoms with E-state index in [2.05, 4.69) is 6.92 Å². The molecule has 0 aliphatic rings. The molecule has 0 atom stereocenters. The third kappa shape index (κ3) is 11.8. The summed E-state index contributed by atoms with van der Waals surface area (Å²) >= 11 is 0. The number of carbonyl (C=O) groups is 1. The second-order valence-corrected chi connectivity index (χ2v) is 9.21. The molecule has 0 N–H and O–H groups in total. The smallest absolute Gasteiger partial charge is 0.330 e. The Balaban J connectivity index is 1.97. The third-order valence-corrected chi connectivity index (χ3v) is 5.13. The van der Waals surface area contributed by atoms with Gasteiger partial charge in [-0.25, -0.2) is 4.79 Å². The lowest BCUT2D eigenvalue weighted by Crippen LogP contribution is -2.08. The first-order chi connectivity index (χ1) is 16.8. The van der Waals surface area contributed by atoms with Crippen molar-refractivity contribution in [3.05, 3.63) is 59.7 Å². The van der Waals surface area contributed by atoms with Crippen molar-refractivity contribution in [2.24, 2.45) is 0 Å². The Bertz CT molecular complexity index is 1050. The van der Waals surface area contributed by atoms with Crippen molar-refractivity contribution in [3.63, 3.8) is 0 Å². The Labute approximate surface area is 207 Å². The largest absolute Gasteiger partial charge is 0.490 e. The van der Waals surface area contributed by atoms with Crippen LogP contribution in [0.3, 0.4) is 0 Å². The van der Waals surface area contributed by atoms with E-state index in [9.17, 15) is 13.2 Å². The Morgan fingerprint density at radius 1 is 0.914 bits per heavy atom. The number of esters is 1. The second-order valence-electron chi connectivity index (χ2n) is 7.64. The molecule has 0 saturated carbocycles. The van der Waals surface area contributed by atoms with Gasteiger partial charge in [0.15, 0.2) is 11.5 Å². The van der Waals surface area contributed by atoms with Crippen LogP contribution in [0.15, 0.2) is 48.5 Å². The summed E-state index contributed by atoms with van der Waals surface area (Å²) in [7, 11) is -3.55. The Morgan fingerprint density at radius 2 is 1.66 bits per heavy atom. The molecule has 8 nitrogen and oxygen atoms in total. The zero-order valence-corrected chi connectivity index (χ0v) is 21.3. The summed E-state index contributed by atoms with van der Waals surface area (Å²) in [4.78, 5) is 11.8. The van der Waals surface area contributed by atoms with Crippen LogP contribution in [0.5, 0.6) is 17.2 Å². The summed E-state index contributed by atoms with van der Waals surface area (Å²) in [5.41, 5.74) is 1.76. The Hall–Kier alpha value is -3.04. The summed E-state index contributed by atoms with van der Waals surface area (Å²) in [6, 6.07) is 12.3. The average Bonchev–Trinajstić information content (AvgIpc) is 2.82. The van der Waals surface area contributed by atoms with Gasteiger partial charge in [0, 0.05) is 19.1 Å². The van der Waals surface area contributed by atoms with Gasteiger partial charge < -0.3 is 23.1 Å². The van der Waals surface area contributed by atoms with Gasteiger partial charge in [0.1, 0.15) is 12.4 Å². The SMILES string of the molecule is CCCCOc1cc(/C=C\C(=O)OCCOCC)ccc1OCCc1ccc(OS(C)(=O)=O)cc1. The van der Waals surface area contributed by atoms with Crippen LogP contribution < -0.4 is 13.7 Å². The molecule has 0 saturated heterocycles. The van der Waals surface area contributed by atoms with Gasteiger partial charge in [0.25, 0.3) is 0 Å². The van der Waals surface area contributed by atoms with Crippen molar-refractivity contribution in [1.29, 1.82) is 0 Å². The maximum absolute atomic E-state index is 11.8. The molecule has 2 aromatic rings. The van der Waals surface area contributed by atoms with E-state index < -0.39 is 16.1 Å². The molecule has 9 heteroatoms. The van der Waals surface area contributed by atoms with Crippen LogP contribution in [0.4, 0.5) is 0 Å². The highest BCUT2D eigenvalue weighted by molar-refractivity contribution is 7.86. The van der Waals surface area contributed by atoms with Crippen molar-refractivity contribution < 1.29 is 36.3 Å². The summed E-state index contributed by atoms with van der Waals surface area (Å²) in [6.45, 7) is 6.09. The van der Waals surface area contributed by atoms with Crippen molar-refractivity contribution >= 4 is 22.2 Å². The highest BCUT2D eigenvalue weighted by Crippen LogP contribution is 2.29. The monoisotopic (exact) mass is 506 g/mol. The number of rotatable bonds is 16. The molecule has 0 bridgehead atoms. The summed E-state index contributed by atoms with van der Waals surface area (Å²) in [5.74, 6) is 1.04. The maximum Gasteiger partial charge on any atom is 0.330 e. The minimum absolute atomic E-state index is 0.211. The molecule has 2 aromatic carbocycles. The lowest BCUT2D eigenvalue weighted by atomic mass is 10.1. The number of ether oxygens (including phenoxy) is 4. The van der Waals surface area contributed by atoms with Gasteiger partial charge in [-0.2, -0.15) is 8.42 Å². The fourth-order valence-corrected chi connectivity index (χ4v) is 3.37. The fourth-order valence-electron chi connectivity index (χ4n) is 2.91. The number of hydrogen-bond acceptors (Lipinski definition) is 8. The fraction of sp³-hybridized carbons (Fsp3) is 0.423. The van der Waals surface area contributed by atoms with Crippen LogP contribution in [-0.4, -0.2) is 53.7 Å². The zero-order chi connectivity index (χ0) is 25.5. The molecule has 0 fully saturated rings. The molecule has 0 heterocycles.